The fourth-order valence-corrected chi connectivity index (χ4v) is 3.16. The van der Waals surface area contributed by atoms with Gasteiger partial charge in [-0.25, -0.2) is 4.98 Å². The summed E-state index contributed by atoms with van der Waals surface area (Å²) in [4.78, 5) is 10.1. The summed E-state index contributed by atoms with van der Waals surface area (Å²) in [5.74, 6) is 0.696. The zero-order valence-corrected chi connectivity index (χ0v) is 16.8. The third-order valence-electron chi connectivity index (χ3n) is 4.10. The highest BCUT2D eigenvalue weighted by Crippen LogP contribution is 2.29. The maximum Gasteiger partial charge on any atom is 0.573 e. The van der Waals surface area contributed by atoms with Gasteiger partial charge in [0.05, 0.1) is 12.2 Å². The summed E-state index contributed by atoms with van der Waals surface area (Å²) in [5.41, 5.74) is 0.993. The first-order valence-corrected chi connectivity index (χ1v) is 9.98. The molecular formula is C20H21F3N4OS. The fourth-order valence-electron chi connectivity index (χ4n) is 2.52. The maximum atomic E-state index is 12.6. The van der Waals surface area contributed by atoms with Crippen LogP contribution in [0.3, 0.4) is 0 Å². The molecule has 1 aromatic carbocycles. The maximum absolute atomic E-state index is 12.6. The van der Waals surface area contributed by atoms with Crippen molar-refractivity contribution in [2.45, 2.75) is 39.2 Å². The van der Waals surface area contributed by atoms with E-state index in [1.165, 1.54) is 18.2 Å². The zero-order valence-electron chi connectivity index (χ0n) is 16.0. The first-order chi connectivity index (χ1) is 13.8. The van der Waals surface area contributed by atoms with Crippen molar-refractivity contribution in [1.82, 2.24) is 9.97 Å². The summed E-state index contributed by atoms with van der Waals surface area (Å²) >= 11 is 1.62. The van der Waals surface area contributed by atoms with Crippen molar-refractivity contribution < 1.29 is 17.9 Å². The number of anilines is 2. The first kappa shape index (κ1) is 20.9. The molecule has 0 aliphatic carbocycles. The van der Waals surface area contributed by atoms with Crippen LogP contribution in [0.2, 0.25) is 0 Å². The predicted molar refractivity (Wildman–Crippen MR) is 109 cm³/mol. The summed E-state index contributed by atoms with van der Waals surface area (Å²) < 4.78 is 41.7. The van der Waals surface area contributed by atoms with Crippen LogP contribution in [0, 0.1) is 0 Å². The highest BCUT2D eigenvalue weighted by atomic mass is 32.1. The van der Waals surface area contributed by atoms with E-state index in [9.17, 15) is 13.2 Å². The largest absolute Gasteiger partial charge is 0.573 e. The molecule has 3 aromatic rings. The summed E-state index contributed by atoms with van der Waals surface area (Å²) in [6.07, 6.45) is -3.87. The molecule has 0 amide bonds. The number of nitrogens with zero attached hydrogens (tertiary/aromatic N) is 2. The van der Waals surface area contributed by atoms with Crippen LogP contribution in [-0.4, -0.2) is 22.4 Å². The van der Waals surface area contributed by atoms with Crippen molar-refractivity contribution in [3.8, 4) is 17.0 Å². The molecule has 0 saturated heterocycles. The standard InChI is InChI=1S/C20H21F3N4OS/c1-3-13(2)25-19-26-17(11-18(27-19)24-12-16-8-5-9-29-16)14-6-4-7-15(10-14)28-20(21,22)23/h4-11,13H,3,12H2,1-2H3,(H2,24,25,26,27)/t13-/m1/s1. The molecule has 154 valence electrons. The Hall–Kier alpha value is -2.81. The van der Waals surface area contributed by atoms with Gasteiger partial charge in [-0.2, -0.15) is 4.98 Å². The second kappa shape index (κ2) is 9.13. The molecule has 9 heteroatoms. The van der Waals surface area contributed by atoms with Gasteiger partial charge in [-0.15, -0.1) is 24.5 Å². The van der Waals surface area contributed by atoms with Gasteiger partial charge in [0.2, 0.25) is 5.95 Å². The van der Waals surface area contributed by atoms with E-state index in [2.05, 4.69) is 25.3 Å². The van der Waals surface area contributed by atoms with E-state index in [-0.39, 0.29) is 11.8 Å². The predicted octanol–water partition coefficient (Wildman–Crippen LogP) is 5.93. The molecule has 2 heterocycles. The molecule has 0 unspecified atom stereocenters. The Morgan fingerprint density at radius 2 is 1.97 bits per heavy atom. The lowest BCUT2D eigenvalue weighted by atomic mass is 10.1. The first-order valence-electron chi connectivity index (χ1n) is 9.10. The SMILES string of the molecule is CC[C@@H](C)Nc1nc(NCc2cccs2)cc(-c2cccc(OC(F)(F)F)c2)n1. The second-order valence-electron chi connectivity index (χ2n) is 6.42. The minimum atomic E-state index is -4.75. The molecule has 0 radical (unpaired) electrons. The lowest BCUT2D eigenvalue weighted by molar-refractivity contribution is -0.274. The molecule has 1 atom stereocenters. The van der Waals surface area contributed by atoms with E-state index in [1.807, 2.05) is 31.4 Å². The minimum absolute atomic E-state index is 0.148. The molecule has 29 heavy (non-hydrogen) atoms. The number of benzene rings is 1. The van der Waals surface area contributed by atoms with Crippen molar-refractivity contribution >= 4 is 23.1 Å². The molecule has 0 fully saturated rings. The Kier molecular flexibility index (Phi) is 6.58. The molecule has 0 spiro atoms. The van der Waals surface area contributed by atoms with Crippen molar-refractivity contribution in [3.05, 3.63) is 52.7 Å². The third-order valence-corrected chi connectivity index (χ3v) is 4.98. The van der Waals surface area contributed by atoms with Crippen molar-refractivity contribution in [3.63, 3.8) is 0 Å². The van der Waals surface area contributed by atoms with Gasteiger partial charge in [-0.1, -0.05) is 25.1 Å². The van der Waals surface area contributed by atoms with Crippen LogP contribution >= 0.6 is 11.3 Å². The molecule has 2 N–H and O–H groups in total. The van der Waals surface area contributed by atoms with E-state index in [0.29, 0.717) is 29.6 Å². The highest BCUT2D eigenvalue weighted by Gasteiger charge is 2.31. The van der Waals surface area contributed by atoms with Gasteiger partial charge < -0.3 is 15.4 Å². The molecular weight excluding hydrogens is 401 g/mol. The van der Waals surface area contributed by atoms with Crippen LogP contribution < -0.4 is 15.4 Å². The number of aromatic nitrogens is 2. The van der Waals surface area contributed by atoms with Crippen LogP contribution in [0.4, 0.5) is 24.9 Å². The molecule has 0 saturated carbocycles. The van der Waals surface area contributed by atoms with Crippen LogP contribution in [0.1, 0.15) is 25.1 Å². The average Bonchev–Trinajstić information content (AvgIpc) is 3.18. The van der Waals surface area contributed by atoms with Crippen molar-refractivity contribution in [2.75, 3.05) is 10.6 Å². The quantitative estimate of drug-likeness (QED) is 0.471. The number of hydrogen-bond donors (Lipinski definition) is 2. The second-order valence-corrected chi connectivity index (χ2v) is 7.46. The number of alkyl halides is 3. The number of halogens is 3. The van der Waals surface area contributed by atoms with Crippen molar-refractivity contribution in [2.24, 2.45) is 0 Å². The van der Waals surface area contributed by atoms with Crippen LogP contribution in [0.25, 0.3) is 11.3 Å². The highest BCUT2D eigenvalue weighted by molar-refractivity contribution is 7.09. The van der Waals surface area contributed by atoms with Crippen LogP contribution in [-0.2, 0) is 6.54 Å². The van der Waals surface area contributed by atoms with Gasteiger partial charge in [0.1, 0.15) is 11.6 Å². The number of hydrogen-bond acceptors (Lipinski definition) is 6. The molecule has 5 nitrogen and oxygen atoms in total. The third kappa shape index (κ3) is 6.35. The number of nitrogens with one attached hydrogen (secondary N) is 2. The van der Waals surface area contributed by atoms with E-state index < -0.39 is 6.36 Å². The van der Waals surface area contributed by atoms with Gasteiger partial charge in [0.25, 0.3) is 0 Å². The van der Waals surface area contributed by atoms with E-state index in [1.54, 1.807) is 23.5 Å². The Labute approximate surface area is 171 Å². The van der Waals surface area contributed by atoms with Crippen molar-refractivity contribution in [1.29, 1.82) is 0 Å². The number of thiophene rings is 1. The molecule has 0 bridgehead atoms. The number of rotatable bonds is 8. The smallest absolute Gasteiger partial charge is 0.406 e. The Balaban J connectivity index is 1.90. The topological polar surface area (TPSA) is 59.1 Å². The van der Waals surface area contributed by atoms with E-state index in [0.717, 1.165) is 11.3 Å². The van der Waals surface area contributed by atoms with Gasteiger partial charge in [-0.05, 0) is 36.9 Å². The summed E-state index contributed by atoms with van der Waals surface area (Å²) in [7, 11) is 0. The fraction of sp³-hybridized carbons (Fsp3) is 0.300. The average molecular weight is 422 g/mol. The normalized spacial score (nSPS) is 12.4. The zero-order chi connectivity index (χ0) is 20.9. The molecule has 2 aromatic heterocycles. The summed E-state index contributed by atoms with van der Waals surface area (Å²) in [6.45, 7) is 4.64. The number of ether oxygens (including phenoxy) is 1. The Bertz CT molecular complexity index is 932. The Morgan fingerprint density at radius 1 is 1.14 bits per heavy atom. The summed E-state index contributed by atoms with van der Waals surface area (Å²) in [6, 6.07) is 11.6. The molecule has 0 aliphatic rings. The van der Waals surface area contributed by atoms with Gasteiger partial charge in [-0.3, -0.25) is 0 Å². The minimum Gasteiger partial charge on any atom is -0.406 e. The van der Waals surface area contributed by atoms with Gasteiger partial charge in [0, 0.05) is 22.5 Å². The molecule has 3 rings (SSSR count). The summed E-state index contributed by atoms with van der Waals surface area (Å²) in [5, 5.41) is 8.46. The monoisotopic (exact) mass is 422 g/mol. The molecule has 0 aliphatic heterocycles. The van der Waals surface area contributed by atoms with Crippen LogP contribution in [0.15, 0.2) is 47.8 Å². The lowest BCUT2D eigenvalue weighted by Crippen LogP contribution is -2.17. The van der Waals surface area contributed by atoms with E-state index >= 15 is 0 Å². The van der Waals surface area contributed by atoms with Gasteiger partial charge >= 0.3 is 6.36 Å². The lowest BCUT2D eigenvalue weighted by Gasteiger charge is -2.15. The van der Waals surface area contributed by atoms with Crippen LogP contribution in [0.5, 0.6) is 5.75 Å². The Morgan fingerprint density at radius 3 is 2.66 bits per heavy atom. The van der Waals surface area contributed by atoms with E-state index in [4.69, 9.17) is 0 Å². The van der Waals surface area contributed by atoms with Gasteiger partial charge in [0.15, 0.2) is 0 Å².